The number of anilines is 2. The molecule has 24 heavy (non-hydrogen) atoms. The van der Waals surface area contributed by atoms with Crippen LogP contribution in [0, 0.1) is 0 Å². The number of carbonyl (C=O) groups excluding carboxylic acids is 3. The fraction of sp³-hybridized carbons (Fsp3) is 0.438. The molecule has 0 bridgehead atoms. The number of nitrogens with one attached hydrogen (secondary N) is 1. The van der Waals surface area contributed by atoms with Gasteiger partial charge in [-0.05, 0) is 25.1 Å². The molecule has 2 heterocycles. The van der Waals surface area contributed by atoms with Crippen LogP contribution < -0.4 is 15.1 Å². The van der Waals surface area contributed by atoms with Crippen molar-refractivity contribution >= 4 is 41.0 Å². The van der Waals surface area contributed by atoms with E-state index >= 15 is 0 Å². The van der Waals surface area contributed by atoms with E-state index in [2.05, 4.69) is 5.32 Å². The van der Waals surface area contributed by atoms with Gasteiger partial charge < -0.3 is 15.0 Å². The normalized spacial score (nSPS) is 23.1. The SMILES string of the molecule is CC(=O)NCC1CN(c2ccc3c(c2)SC(C)C(=O)N3C)C(=O)O1. The van der Waals surface area contributed by atoms with E-state index in [1.807, 2.05) is 19.1 Å². The Kier molecular flexibility index (Phi) is 4.40. The number of fused-ring (bicyclic) bond motifs is 1. The molecule has 2 aliphatic heterocycles. The molecule has 1 aromatic carbocycles. The molecule has 2 unspecified atom stereocenters. The molecule has 3 amide bonds. The van der Waals surface area contributed by atoms with E-state index in [4.69, 9.17) is 4.74 Å². The minimum atomic E-state index is -0.427. The molecule has 1 aromatic rings. The number of hydrogen-bond acceptors (Lipinski definition) is 5. The third-order valence-corrected chi connectivity index (χ3v) is 5.19. The maximum atomic E-state index is 12.1. The van der Waals surface area contributed by atoms with E-state index in [0.717, 1.165) is 16.3 Å². The number of amides is 3. The molecule has 0 spiro atoms. The molecule has 2 aliphatic rings. The Balaban J connectivity index is 1.79. The van der Waals surface area contributed by atoms with Crippen molar-refractivity contribution in [3.05, 3.63) is 18.2 Å². The van der Waals surface area contributed by atoms with Crippen LogP contribution in [0.25, 0.3) is 0 Å². The second-order valence-corrected chi connectivity index (χ2v) is 7.25. The summed E-state index contributed by atoms with van der Waals surface area (Å²) in [5, 5.41) is 2.50. The average molecular weight is 349 g/mol. The molecule has 7 nitrogen and oxygen atoms in total. The summed E-state index contributed by atoms with van der Waals surface area (Å²) < 4.78 is 5.28. The fourth-order valence-corrected chi connectivity index (χ4v) is 3.93. The summed E-state index contributed by atoms with van der Waals surface area (Å²) in [5.41, 5.74) is 1.57. The molecule has 128 valence electrons. The van der Waals surface area contributed by atoms with Crippen LogP contribution >= 0.6 is 11.8 Å². The number of rotatable bonds is 3. The van der Waals surface area contributed by atoms with Crippen molar-refractivity contribution in [1.82, 2.24) is 5.32 Å². The second kappa shape index (κ2) is 6.35. The lowest BCUT2D eigenvalue weighted by Crippen LogP contribution is -2.36. The summed E-state index contributed by atoms with van der Waals surface area (Å²) in [6, 6.07) is 5.55. The van der Waals surface area contributed by atoms with Crippen molar-refractivity contribution in [2.75, 3.05) is 29.9 Å². The number of thioether (sulfide) groups is 1. The van der Waals surface area contributed by atoms with Crippen LogP contribution in [-0.2, 0) is 14.3 Å². The van der Waals surface area contributed by atoms with Crippen molar-refractivity contribution < 1.29 is 19.1 Å². The fourth-order valence-electron chi connectivity index (χ4n) is 2.77. The van der Waals surface area contributed by atoms with Crippen molar-refractivity contribution in [1.29, 1.82) is 0 Å². The lowest BCUT2D eigenvalue weighted by Gasteiger charge is -2.30. The highest BCUT2D eigenvalue weighted by atomic mass is 32.2. The van der Waals surface area contributed by atoms with Gasteiger partial charge in [-0.2, -0.15) is 0 Å². The van der Waals surface area contributed by atoms with Crippen LogP contribution in [0.2, 0.25) is 0 Å². The molecule has 3 rings (SSSR count). The van der Waals surface area contributed by atoms with Crippen LogP contribution in [0.4, 0.5) is 16.2 Å². The number of cyclic esters (lactones) is 1. The Morgan fingerprint density at radius 1 is 1.42 bits per heavy atom. The van der Waals surface area contributed by atoms with Gasteiger partial charge in [0, 0.05) is 24.6 Å². The zero-order valence-corrected chi connectivity index (χ0v) is 14.6. The lowest BCUT2D eigenvalue weighted by molar-refractivity contribution is -0.119. The van der Waals surface area contributed by atoms with Gasteiger partial charge in [0.25, 0.3) is 0 Å². The Morgan fingerprint density at radius 3 is 2.88 bits per heavy atom. The van der Waals surface area contributed by atoms with Gasteiger partial charge in [-0.15, -0.1) is 11.8 Å². The Hall–Kier alpha value is -2.22. The summed E-state index contributed by atoms with van der Waals surface area (Å²) in [5.74, 6) is -0.0902. The molecule has 1 saturated heterocycles. The first kappa shape index (κ1) is 16.6. The predicted octanol–water partition coefficient (Wildman–Crippen LogP) is 1.60. The van der Waals surface area contributed by atoms with Gasteiger partial charge >= 0.3 is 6.09 Å². The van der Waals surface area contributed by atoms with E-state index in [1.54, 1.807) is 22.9 Å². The topological polar surface area (TPSA) is 79.0 Å². The first-order valence-corrected chi connectivity index (χ1v) is 8.55. The summed E-state index contributed by atoms with van der Waals surface area (Å²) in [6.07, 6.45) is -0.795. The van der Waals surface area contributed by atoms with Crippen LogP contribution in [0.3, 0.4) is 0 Å². The Bertz CT molecular complexity index is 709. The molecule has 0 aliphatic carbocycles. The highest BCUT2D eigenvalue weighted by Gasteiger charge is 2.34. The highest BCUT2D eigenvalue weighted by molar-refractivity contribution is 8.01. The predicted molar refractivity (Wildman–Crippen MR) is 91.5 cm³/mol. The van der Waals surface area contributed by atoms with Crippen molar-refractivity contribution in [3.8, 4) is 0 Å². The molecule has 0 saturated carbocycles. The number of hydrogen-bond donors (Lipinski definition) is 1. The van der Waals surface area contributed by atoms with Gasteiger partial charge in [0.1, 0.15) is 6.10 Å². The first-order chi connectivity index (χ1) is 11.4. The highest BCUT2D eigenvalue weighted by Crippen LogP contribution is 2.40. The van der Waals surface area contributed by atoms with Crippen LogP contribution in [0.1, 0.15) is 13.8 Å². The average Bonchev–Trinajstić information content (AvgIpc) is 2.91. The smallest absolute Gasteiger partial charge is 0.414 e. The van der Waals surface area contributed by atoms with E-state index in [-0.39, 0.29) is 23.2 Å². The quantitative estimate of drug-likeness (QED) is 0.897. The van der Waals surface area contributed by atoms with E-state index in [1.165, 1.54) is 18.7 Å². The largest absolute Gasteiger partial charge is 0.442 e. The summed E-state index contributed by atoms with van der Waals surface area (Å²) in [7, 11) is 1.75. The van der Waals surface area contributed by atoms with Gasteiger partial charge in [0.2, 0.25) is 11.8 Å². The molecule has 0 radical (unpaired) electrons. The number of ether oxygens (including phenoxy) is 1. The zero-order valence-electron chi connectivity index (χ0n) is 13.7. The minimum absolute atomic E-state index is 0.0659. The Morgan fingerprint density at radius 2 is 2.17 bits per heavy atom. The van der Waals surface area contributed by atoms with Crippen LogP contribution in [0.5, 0.6) is 0 Å². The molecule has 1 fully saturated rings. The maximum Gasteiger partial charge on any atom is 0.414 e. The van der Waals surface area contributed by atoms with Gasteiger partial charge in [-0.3, -0.25) is 14.5 Å². The maximum absolute atomic E-state index is 12.1. The van der Waals surface area contributed by atoms with Crippen LogP contribution in [-0.4, -0.2) is 49.4 Å². The van der Waals surface area contributed by atoms with Crippen molar-refractivity contribution in [3.63, 3.8) is 0 Å². The zero-order chi connectivity index (χ0) is 17.4. The van der Waals surface area contributed by atoms with Crippen molar-refractivity contribution in [2.24, 2.45) is 0 Å². The number of carbonyl (C=O) groups is 3. The molecule has 8 heteroatoms. The summed E-state index contributed by atoms with van der Waals surface area (Å²) in [4.78, 5) is 39.3. The Labute approximate surface area is 144 Å². The van der Waals surface area contributed by atoms with E-state index in [9.17, 15) is 14.4 Å². The third kappa shape index (κ3) is 3.06. The van der Waals surface area contributed by atoms with E-state index < -0.39 is 6.09 Å². The van der Waals surface area contributed by atoms with Gasteiger partial charge in [0.05, 0.1) is 24.0 Å². The van der Waals surface area contributed by atoms with E-state index in [0.29, 0.717) is 13.1 Å². The minimum Gasteiger partial charge on any atom is -0.442 e. The molecule has 0 aromatic heterocycles. The summed E-state index contributed by atoms with van der Waals surface area (Å²) >= 11 is 1.49. The lowest BCUT2D eigenvalue weighted by atomic mass is 10.2. The second-order valence-electron chi connectivity index (χ2n) is 5.86. The van der Waals surface area contributed by atoms with Gasteiger partial charge in [0.15, 0.2) is 0 Å². The third-order valence-electron chi connectivity index (χ3n) is 4.05. The van der Waals surface area contributed by atoms with Gasteiger partial charge in [-0.25, -0.2) is 4.79 Å². The van der Waals surface area contributed by atoms with Crippen LogP contribution in [0.15, 0.2) is 23.1 Å². The first-order valence-electron chi connectivity index (χ1n) is 7.67. The molecular formula is C16H19N3O4S. The molecule has 2 atom stereocenters. The number of nitrogens with zero attached hydrogens (tertiary/aromatic N) is 2. The van der Waals surface area contributed by atoms with Crippen molar-refractivity contribution in [2.45, 2.75) is 30.1 Å². The molecule has 1 N–H and O–H groups in total. The summed E-state index contributed by atoms with van der Waals surface area (Å²) in [6.45, 7) is 3.97. The molecular weight excluding hydrogens is 330 g/mol. The number of benzene rings is 1. The standard InChI is InChI=1S/C16H19N3O4S/c1-9-15(21)18(3)13-5-4-11(6-14(13)24-9)19-8-12(23-16(19)22)7-17-10(2)20/h4-6,9,12H,7-8H2,1-3H3,(H,17,20). The van der Waals surface area contributed by atoms with Gasteiger partial charge in [-0.1, -0.05) is 0 Å². The monoisotopic (exact) mass is 349 g/mol.